The second-order valence-electron chi connectivity index (χ2n) is 10.2. The topological polar surface area (TPSA) is 95.9 Å². The molecule has 3 atom stereocenters. The lowest BCUT2D eigenvalue weighted by Crippen LogP contribution is -2.22. The summed E-state index contributed by atoms with van der Waals surface area (Å²) in [6.07, 6.45) is 4.69. The second-order valence-corrected chi connectivity index (χ2v) is 11.2. The highest BCUT2D eigenvalue weighted by Crippen LogP contribution is 2.52. The molecule has 6 rings (SSSR count). The van der Waals surface area contributed by atoms with Crippen molar-refractivity contribution < 1.29 is 5.11 Å². The first kappa shape index (κ1) is 23.3. The largest absolute Gasteiger partial charge is 0.393 e. The molecule has 2 fully saturated rings. The molecule has 4 aromatic rings. The maximum Gasteiger partial charge on any atom is 0.225 e. The minimum absolute atomic E-state index is 0.0689. The number of anilines is 2. The number of hydrogen-bond donors (Lipinski definition) is 3. The Morgan fingerprint density at radius 1 is 1.03 bits per heavy atom. The van der Waals surface area contributed by atoms with E-state index in [1.165, 1.54) is 11.1 Å². The Morgan fingerprint density at radius 3 is 2.47 bits per heavy atom. The normalized spacial score (nSPS) is 23.5. The Bertz CT molecular complexity index is 1410. The molecule has 0 radical (unpaired) electrons. The highest BCUT2D eigenvalue weighted by Gasteiger charge is 2.55. The number of nitrogens with one attached hydrogen (secondary N) is 2. The van der Waals surface area contributed by atoms with Gasteiger partial charge in [-0.25, -0.2) is 9.97 Å². The minimum Gasteiger partial charge on any atom is -0.393 e. The van der Waals surface area contributed by atoms with Crippen molar-refractivity contribution in [2.24, 2.45) is 11.8 Å². The zero-order valence-electron chi connectivity index (χ0n) is 21.1. The zero-order chi connectivity index (χ0) is 25.0. The van der Waals surface area contributed by atoms with Crippen molar-refractivity contribution in [3.05, 3.63) is 59.0 Å². The van der Waals surface area contributed by atoms with Gasteiger partial charge in [-0.15, -0.1) is 11.3 Å². The van der Waals surface area contributed by atoms with E-state index in [2.05, 4.69) is 53.7 Å². The van der Waals surface area contributed by atoms with Crippen molar-refractivity contribution in [3.8, 4) is 10.6 Å². The summed E-state index contributed by atoms with van der Waals surface area (Å²) in [5.41, 5.74) is 6.22. The van der Waals surface area contributed by atoms with Gasteiger partial charge in [-0.3, -0.25) is 4.98 Å². The molecule has 3 aromatic heterocycles. The van der Waals surface area contributed by atoms with E-state index in [1.54, 1.807) is 11.3 Å². The van der Waals surface area contributed by atoms with Gasteiger partial charge in [0.15, 0.2) is 0 Å². The molecule has 1 aromatic carbocycles. The molecule has 8 heteroatoms. The maximum atomic E-state index is 10.0. The van der Waals surface area contributed by atoms with Gasteiger partial charge in [0, 0.05) is 12.2 Å². The number of hydrogen-bond acceptors (Lipinski definition) is 8. The lowest BCUT2D eigenvalue weighted by atomic mass is 10.1. The Hall–Kier alpha value is -3.10. The molecule has 0 amide bonds. The predicted molar refractivity (Wildman–Crippen MR) is 145 cm³/mol. The summed E-state index contributed by atoms with van der Waals surface area (Å²) in [7, 11) is 0. The van der Waals surface area contributed by atoms with Crippen molar-refractivity contribution in [1.82, 2.24) is 19.9 Å². The van der Waals surface area contributed by atoms with Gasteiger partial charge in [-0.1, -0.05) is 31.2 Å². The molecular weight excluding hydrogens is 468 g/mol. The fourth-order valence-electron chi connectivity index (χ4n) is 5.52. The van der Waals surface area contributed by atoms with Crippen LogP contribution in [0.4, 0.5) is 11.8 Å². The Kier molecular flexibility index (Phi) is 5.88. The number of aliphatic hydroxyl groups is 1. The summed E-state index contributed by atoms with van der Waals surface area (Å²) in [5.74, 6) is 2.26. The molecule has 0 saturated heterocycles. The third-order valence-corrected chi connectivity index (χ3v) is 8.81. The van der Waals surface area contributed by atoms with E-state index in [9.17, 15) is 5.11 Å². The van der Waals surface area contributed by atoms with Crippen molar-refractivity contribution in [3.63, 3.8) is 0 Å². The van der Waals surface area contributed by atoms with Crippen LogP contribution in [0.15, 0.2) is 36.5 Å². The van der Waals surface area contributed by atoms with E-state index >= 15 is 0 Å². The van der Waals surface area contributed by atoms with Crippen LogP contribution in [0.1, 0.15) is 55.2 Å². The van der Waals surface area contributed by atoms with E-state index < -0.39 is 0 Å². The molecule has 7 nitrogen and oxygen atoms in total. The van der Waals surface area contributed by atoms with Crippen LogP contribution in [0.5, 0.6) is 0 Å². The Morgan fingerprint density at radius 2 is 1.78 bits per heavy atom. The zero-order valence-corrected chi connectivity index (χ0v) is 21.9. The number of pyridine rings is 1. The van der Waals surface area contributed by atoms with Crippen molar-refractivity contribution in [1.29, 1.82) is 0 Å². The van der Waals surface area contributed by atoms with Crippen LogP contribution in [0.3, 0.4) is 0 Å². The Labute approximate surface area is 215 Å². The van der Waals surface area contributed by atoms with Gasteiger partial charge in [-0.05, 0) is 69.1 Å². The molecule has 2 saturated carbocycles. The van der Waals surface area contributed by atoms with Gasteiger partial charge < -0.3 is 15.7 Å². The molecular formula is C28H32N6OS. The molecule has 3 N–H and O–H groups in total. The van der Waals surface area contributed by atoms with Gasteiger partial charge in [-0.2, -0.15) is 4.98 Å². The first-order valence-corrected chi connectivity index (χ1v) is 13.6. The molecule has 36 heavy (non-hydrogen) atoms. The van der Waals surface area contributed by atoms with Crippen molar-refractivity contribution in [2.75, 3.05) is 10.6 Å². The monoisotopic (exact) mass is 500 g/mol. The summed E-state index contributed by atoms with van der Waals surface area (Å²) >= 11 is 1.65. The van der Waals surface area contributed by atoms with Crippen LogP contribution in [0, 0.1) is 25.7 Å². The van der Waals surface area contributed by atoms with Crippen LogP contribution in [0.25, 0.3) is 20.8 Å². The van der Waals surface area contributed by atoms with E-state index in [4.69, 9.17) is 15.0 Å². The second kappa shape index (κ2) is 9.09. The number of aryl methyl sites for hydroxylation is 3. The smallest absolute Gasteiger partial charge is 0.225 e. The molecule has 0 aliphatic heterocycles. The van der Waals surface area contributed by atoms with Crippen LogP contribution in [0.2, 0.25) is 0 Å². The fourth-order valence-corrected chi connectivity index (χ4v) is 6.63. The average molecular weight is 501 g/mol. The number of benzene rings is 1. The third kappa shape index (κ3) is 4.22. The average Bonchev–Trinajstić information content (AvgIpc) is 3.22. The quantitative estimate of drug-likeness (QED) is 0.300. The summed E-state index contributed by atoms with van der Waals surface area (Å²) in [4.78, 5) is 19.2. The van der Waals surface area contributed by atoms with Crippen LogP contribution in [-0.2, 0) is 6.42 Å². The summed E-state index contributed by atoms with van der Waals surface area (Å²) in [6, 6.07) is 11.1. The molecule has 2 aliphatic rings. The van der Waals surface area contributed by atoms with Gasteiger partial charge in [0.1, 0.15) is 16.3 Å². The van der Waals surface area contributed by atoms with Gasteiger partial charge in [0.2, 0.25) is 5.95 Å². The van der Waals surface area contributed by atoms with E-state index in [0.717, 1.165) is 57.3 Å². The summed E-state index contributed by atoms with van der Waals surface area (Å²) in [6.45, 7) is 8.32. The SMILES string of the molecule is CCc1ccc(C(C)Nc2nc(C)c(-c3nc4c(C)nccc4s3)c(NC3CC4C(O)C4C3)n2)cc1. The minimum atomic E-state index is -0.119. The first-order chi connectivity index (χ1) is 17.4. The third-order valence-electron chi connectivity index (χ3n) is 7.77. The number of nitrogens with zero attached hydrogens (tertiary/aromatic N) is 4. The summed E-state index contributed by atoms with van der Waals surface area (Å²) < 4.78 is 1.11. The van der Waals surface area contributed by atoms with Crippen LogP contribution >= 0.6 is 11.3 Å². The van der Waals surface area contributed by atoms with E-state index in [1.807, 2.05) is 26.1 Å². The van der Waals surface area contributed by atoms with Gasteiger partial charge in [0.05, 0.1) is 33.8 Å². The Balaban J connectivity index is 1.34. The number of aromatic nitrogens is 4. The maximum absolute atomic E-state index is 10.0. The molecule has 186 valence electrons. The molecule has 2 aliphatic carbocycles. The lowest BCUT2D eigenvalue weighted by Gasteiger charge is -2.21. The summed E-state index contributed by atoms with van der Waals surface area (Å²) in [5, 5.41) is 18.1. The van der Waals surface area contributed by atoms with Crippen molar-refractivity contribution in [2.45, 2.75) is 65.1 Å². The van der Waals surface area contributed by atoms with Gasteiger partial charge in [0.25, 0.3) is 0 Å². The number of fused-ring (bicyclic) bond motifs is 2. The standard InChI is InChI=1S/C28H32N6OS/c1-5-17-6-8-18(9-7-17)14(2)30-28-31-15(3)23(27-33-24-16(4)29-11-10-22(24)36-27)26(34-28)32-19-12-20-21(13-19)25(20)35/h6-11,14,19-21,25,35H,5,12-13H2,1-4H3,(H2,30,31,32,34). The highest BCUT2D eigenvalue weighted by molar-refractivity contribution is 7.21. The van der Waals surface area contributed by atoms with Crippen molar-refractivity contribution >= 4 is 33.3 Å². The fraction of sp³-hybridized carbons (Fsp3) is 0.429. The lowest BCUT2D eigenvalue weighted by molar-refractivity contribution is 0.230. The number of aliphatic hydroxyl groups excluding tert-OH is 1. The highest BCUT2D eigenvalue weighted by atomic mass is 32.1. The number of thiazole rings is 1. The molecule has 3 heterocycles. The molecule has 0 bridgehead atoms. The molecule has 3 unspecified atom stereocenters. The number of rotatable bonds is 7. The van der Waals surface area contributed by atoms with Crippen LogP contribution in [-0.4, -0.2) is 37.2 Å². The molecule has 0 spiro atoms. The first-order valence-electron chi connectivity index (χ1n) is 12.8. The predicted octanol–water partition coefficient (Wildman–Crippen LogP) is 5.68. The van der Waals surface area contributed by atoms with E-state index in [0.29, 0.717) is 23.8 Å². The van der Waals surface area contributed by atoms with Crippen LogP contribution < -0.4 is 10.6 Å². The van der Waals surface area contributed by atoms with Gasteiger partial charge >= 0.3 is 0 Å². The van der Waals surface area contributed by atoms with E-state index in [-0.39, 0.29) is 12.1 Å².